The fourth-order valence-corrected chi connectivity index (χ4v) is 5.89. The van der Waals surface area contributed by atoms with Crippen molar-refractivity contribution in [2.75, 3.05) is 19.6 Å². The Morgan fingerprint density at radius 1 is 0.879 bits per heavy atom. The van der Waals surface area contributed by atoms with Crippen molar-refractivity contribution in [2.45, 2.75) is 51.9 Å². The molecule has 1 spiro atoms. The predicted molar refractivity (Wildman–Crippen MR) is 128 cm³/mol. The number of fused-ring (bicyclic) bond motifs is 2. The lowest BCUT2D eigenvalue weighted by Crippen LogP contribution is -2.41. The minimum absolute atomic E-state index is 0.196. The van der Waals surface area contributed by atoms with Gasteiger partial charge in [-0.25, -0.2) is 4.98 Å². The van der Waals surface area contributed by atoms with Crippen LogP contribution in [0.15, 0.2) is 59.7 Å². The van der Waals surface area contributed by atoms with E-state index in [1.807, 2.05) is 23.0 Å². The standard InChI is InChI=1S/C27H31N5O/c33-26-23-19-31(18-21-4-2-1-3-5-21)13-8-24(23)29-25-16-27(20-32(25)26)9-14-30(15-10-27)17-22-6-11-28-12-7-22/h1-7,11-12H,8-10,13-20H2. The van der Waals surface area contributed by atoms with Crippen LogP contribution >= 0.6 is 0 Å². The molecule has 0 bridgehead atoms. The van der Waals surface area contributed by atoms with Crippen LogP contribution < -0.4 is 5.56 Å². The van der Waals surface area contributed by atoms with Gasteiger partial charge in [0.2, 0.25) is 0 Å². The van der Waals surface area contributed by atoms with Crippen LogP contribution in [0.2, 0.25) is 0 Å². The lowest BCUT2D eigenvalue weighted by atomic mass is 9.77. The first-order chi connectivity index (χ1) is 16.2. The van der Waals surface area contributed by atoms with E-state index in [0.717, 1.165) is 82.0 Å². The van der Waals surface area contributed by atoms with Crippen molar-refractivity contribution < 1.29 is 0 Å². The summed E-state index contributed by atoms with van der Waals surface area (Å²) in [5.74, 6) is 1.03. The first kappa shape index (κ1) is 20.8. The number of benzene rings is 1. The molecule has 6 nitrogen and oxygen atoms in total. The Bertz CT molecular complexity index is 1180. The van der Waals surface area contributed by atoms with Crippen molar-refractivity contribution in [3.05, 3.63) is 93.4 Å². The second-order valence-corrected chi connectivity index (χ2v) is 10.1. The Labute approximate surface area is 194 Å². The molecule has 170 valence electrons. The predicted octanol–water partition coefficient (Wildman–Crippen LogP) is 3.04. The number of rotatable bonds is 4. The van der Waals surface area contributed by atoms with Crippen LogP contribution in [0.25, 0.3) is 0 Å². The molecule has 0 saturated carbocycles. The first-order valence-corrected chi connectivity index (χ1v) is 12.2. The topological polar surface area (TPSA) is 54.3 Å². The molecule has 3 aromatic rings. The van der Waals surface area contributed by atoms with Crippen molar-refractivity contribution in [1.29, 1.82) is 0 Å². The second kappa shape index (κ2) is 8.50. The molecule has 5 heterocycles. The Hall–Kier alpha value is -2.83. The minimum atomic E-state index is 0.196. The number of aromatic nitrogens is 3. The van der Waals surface area contributed by atoms with Crippen LogP contribution in [-0.2, 0) is 39.0 Å². The van der Waals surface area contributed by atoms with Crippen molar-refractivity contribution >= 4 is 0 Å². The maximum Gasteiger partial charge on any atom is 0.258 e. The van der Waals surface area contributed by atoms with E-state index in [4.69, 9.17) is 4.98 Å². The number of hydrogen-bond acceptors (Lipinski definition) is 5. The molecule has 3 aliphatic heterocycles. The lowest BCUT2D eigenvalue weighted by Gasteiger charge is -2.38. The zero-order valence-electron chi connectivity index (χ0n) is 19.1. The van der Waals surface area contributed by atoms with E-state index in [-0.39, 0.29) is 11.0 Å². The molecule has 3 aliphatic rings. The molecule has 1 saturated heterocycles. The van der Waals surface area contributed by atoms with Crippen molar-refractivity contribution in [3.8, 4) is 0 Å². The zero-order chi connectivity index (χ0) is 22.3. The average molecular weight is 442 g/mol. The minimum Gasteiger partial charge on any atom is -0.299 e. The average Bonchev–Trinajstić information content (AvgIpc) is 3.21. The quantitative estimate of drug-likeness (QED) is 0.623. The SMILES string of the molecule is O=c1c2c(nc3n1CC1(CCN(Cc4ccncc4)CC1)C3)CCN(Cc1ccccc1)C2. The summed E-state index contributed by atoms with van der Waals surface area (Å²) in [5.41, 5.74) is 5.00. The smallest absolute Gasteiger partial charge is 0.258 e. The largest absolute Gasteiger partial charge is 0.299 e. The van der Waals surface area contributed by atoms with Crippen molar-refractivity contribution in [3.63, 3.8) is 0 Å². The third-order valence-corrected chi connectivity index (χ3v) is 7.82. The summed E-state index contributed by atoms with van der Waals surface area (Å²) in [6.45, 7) is 6.54. The van der Waals surface area contributed by atoms with Gasteiger partial charge in [0.1, 0.15) is 5.82 Å². The summed E-state index contributed by atoms with van der Waals surface area (Å²) in [4.78, 5) is 27.6. The highest BCUT2D eigenvalue weighted by molar-refractivity contribution is 5.25. The molecule has 1 fully saturated rings. The second-order valence-electron chi connectivity index (χ2n) is 10.1. The maximum absolute atomic E-state index is 13.5. The Morgan fingerprint density at radius 3 is 2.39 bits per heavy atom. The van der Waals surface area contributed by atoms with E-state index < -0.39 is 0 Å². The summed E-state index contributed by atoms with van der Waals surface area (Å²) in [6, 6.07) is 14.7. The molecule has 6 rings (SSSR count). The number of likely N-dealkylation sites (tertiary alicyclic amines) is 1. The lowest BCUT2D eigenvalue weighted by molar-refractivity contribution is 0.0978. The molecular weight excluding hydrogens is 410 g/mol. The summed E-state index contributed by atoms with van der Waals surface area (Å²) in [7, 11) is 0. The molecule has 0 atom stereocenters. The molecule has 0 radical (unpaired) electrons. The molecular formula is C27H31N5O. The van der Waals surface area contributed by atoms with Gasteiger partial charge in [-0.3, -0.25) is 24.1 Å². The van der Waals surface area contributed by atoms with Gasteiger partial charge in [-0.15, -0.1) is 0 Å². The van der Waals surface area contributed by atoms with Gasteiger partial charge in [0, 0.05) is 58.0 Å². The van der Waals surface area contributed by atoms with Crippen molar-refractivity contribution in [2.24, 2.45) is 5.41 Å². The summed E-state index contributed by atoms with van der Waals surface area (Å²) in [6.07, 6.45) is 7.83. The monoisotopic (exact) mass is 441 g/mol. The van der Waals surface area contributed by atoms with Crippen LogP contribution in [0.5, 0.6) is 0 Å². The summed E-state index contributed by atoms with van der Waals surface area (Å²) >= 11 is 0. The van der Waals surface area contributed by atoms with E-state index in [9.17, 15) is 4.79 Å². The maximum atomic E-state index is 13.5. The highest BCUT2D eigenvalue weighted by Gasteiger charge is 2.42. The summed E-state index contributed by atoms with van der Waals surface area (Å²) in [5, 5.41) is 0. The Morgan fingerprint density at radius 2 is 1.61 bits per heavy atom. The van der Waals surface area contributed by atoms with Crippen LogP contribution in [0.4, 0.5) is 0 Å². The van der Waals surface area contributed by atoms with Crippen molar-refractivity contribution in [1.82, 2.24) is 24.3 Å². The number of hydrogen-bond donors (Lipinski definition) is 0. The molecule has 0 unspecified atom stereocenters. The fourth-order valence-electron chi connectivity index (χ4n) is 5.89. The van der Waals surface area contributed by atoms with Gasteiger partial charge < -0.3 is 0 Å². The van der Waals surface area contributed by atoms with Gasteiger partial charge in [-0.05, 0) is 54.6 Å². The van der Waals surface area contributed by atoms with Gasteiger partial charge in [-0.2, -0.15) is 0 Å². The van der Waals surface area contributed by atoms with Gasteiger partial charge in [0.05, 0.1) is 11.3 Å². The van der Waals surface area contributed by atoms with Gasteiger partial charge >= 0.3 is 0 Å². The molecule has 33 heavy (non-hydrogen) atoms. The molecule has 6 heteroatoms. The normalized spacial score (nSPS) is 20.0. The van der Waals surface area contributed by atoms with E-state index in [1.54, 1.807) is 0 Å². The van der Waals surface area contributed by atoms with Crippen LogP contribution in [0.3, 0.4) is 0 Å². The van der Waals surface area contributed by atoms with Crippen LogP contribution in [0.1, 0.15) is 41.1 Å². The molecule has 1 aromatic carbocycles. The fraction of sp³-hybridized carbons (Fsp3) is 0.444. The van der Waals surface area contributed by atoms with E-state index in [0.29, 0.717) is 6.54 Å². The van der Waals surface area contributed by atoms with E-state index in [1.165, 1.54) is 11.1 Å². The van der Waals surface area contributed by atoms with E-state index in [2.05, 4.69) is 51.2 Å². The number of pyridine rings is 1. The highest BCUT2D eigenvalue weighted by atomic mass is 16.1. The first-order valence-electron chi connectivity index (χ1n) is 12.2. The highest BCUT2D eigenvalue weighted by Crippen LogP contribution is 2.41. The Balaban J connectivity index is 1.15. The van der Waals surface area contributed by atoms with Crippen LogP contribution in [0, 0.1) is 5.41 Å². The number of piperidine rings is 1. The van der Waals surface area contributed by atoms with Gasteiger partial charge in [0.25, 0.3) is 5.56 Å². The third kappa shape index (κ3) is 4.13. The third-order valence-electron chi connectivity index (χ3n) is 7.82. The van der Waals surface area contributed by atoms with Crippen LogP contribution in [-0.4, -0.2) is 44.0 Å². The Kier molecular flexibility index (Phi) is 5.35. The molecule has 0 N–H and O–H groups in total. The molecule has 0 amide bonds. The van der Waals surface area contributed by atoms with Gasteiger partial charge in [-0.1, -0.05) is 30.3 Å². The molecule has 2 aromatic heterocycles. The number of nitrogens with zero attached hydrogens (tertiary/aromatic N) is 5. The summed E-state index contributed by atoms with van der Waals surface area (Å²) < 4.78 is 2.02. The zero-order valence-corrected chi connectivity index (χ0v) is 19.1. The van der Waals surface area contributed by atoms with Gasteiger partial charge in [0.15, 0.2) is 0 Å². The van der Waals surface area contributed by atoms with E-state index >= 15 is 0 Å². The molecule has 0 aliphatic carbocycles.